The van der Waals surface area contributed by atoms with Gasteiger partial charge in [-0.1, -0.05) is 44.7 Å². The number of esters is 1. The third kappa shape index (κ3) is 6.87. The fraction of sp³-hybridized carbons (Fsp3) is 0.593. The topological polar surface area (TPSA) is 47.6 Å². The van der Waals surface area contributed by atoms with E-state index in [1.807, 2.05) is 13.0 Å². The van der Waals surface area contributed by atoms with E-state index >= 15 is 0 Å². The smallest absolute Gasteiger partial charge is 0.446 e. The SMILES string of the molecule is C=Cc1cc(OC(F)(F)F)cc(C2CCC3(CC2)CNC3OC(=O)C(C)CCCC=CCC)c1. The predicted octanol–water partition coefficient (Wildman–Crippen LogP) is 7.12. The second kappa shape index (κ2) is 11.4. The Kier molecular flexibility index (Phi) is 8.85. The lowest BCUT2D eigenvalue weighted by atomic mass is 9.64. The molecule has 2 atom stereocenters. The van der Waals surface area contributed by atoms with Crippen LogP contribution in [-0.2, 0) is 9.53 Å². The van der Waals surface area contributed by atoms with Crippen molar-refractivity contribution in [2.75, 3.05) is 6.54 Å². The molecule has 188 valence electrons. The molecule has 1 saturated carbocycles. The van der Waals surface area contributed by atoms with E-state index < -0.39 is 6.36 Å². The van der Waals surface area contributed by atoms with Crippen LogP contribution in [0.4, 0.5) is 13.2 Å². The highest BCUT2D eigenvalue weighted by Crippen LogP contribution is 2.49. The molecule has 4 nitrogen and oxygen atoms in total. The van der Waals surface area contributed by atoms with Crippen molar-refractivity contribution in [3.8, 4) is 5.75 Å². The zero-order chi connectivity index (χ0) is 24.8. The van der Waals surface area contributed by atoms with E-state index in [4.69, 9.17) is 4.74 Å². The summed E-state index contributed by atoms with van der Waals surface area (Å²) in [6, 6.07) is 4.71. The lowest BCUT2D eigenvalue weighted by Crippen LogP contribution is -2.65. The summed E-state index contributed by atoms with van der Waals surface area (Å²) in [5.74, 6) is -0.380. The van der Waals surface area contributed by atoms with Gasteiger partial charge >= 0.3 is 12.3 Å². The minimum absolute atomic E-state index is 0.0862. The average Bonchev–Trinajstić information content (AvgIpc) is 2.80. The molecule has 3 rings (SSSR count). The molecule has 0 bridgehead atoms. The molecule has 1 aromatic rings. The number of hydrogen-bond donors (Lipinski definition) is 1. The quantitative estimate of drug-likeness (QED) is 0.221. The van der Waals surface area contributed by atoms with Crippen LogP contribution in [0.3, 0.4) is 0 Å². The highest BCUT2D eigenvalue weighted by atomic mass is 19.4. The monoisotopic (exact) mass is 479 g/mol. The van der Waals surface area contributed by atoms with E-state index in [2.05, 4.69) is 35.7 Å². The van der Waals surface area contributed by atoms with Gasteiger partial charge in [-0.15, -0.1) is 13.2 Å². The summed E-state index contributed by atoms with van der Waals surface area (Å²) in [4.78, 5) is 12.6. The lowest BCUT2D eigenvalue weighted by molar-refractivity contribution is -0.274. The van der Waals surface area contributed by atoms with Crippen LogP contribution in [0, 0.1) is 11.3 Å². The van der Waals surface area contributed by atoms with E-state index in [0.29, 0.717) is 5.56 Å². The Bertz CT molecular complexity index is 872. The first kappa shape index (κ1) is 26.3. The average molecular weight is 480 g/mol. The Morgan fingerprint density at radius 1 is 1.26 bits per heavy atom. The molecule has 2 aliphatic rings. The largest absolute Gasteiger partial charge is 0.573 e. The molecule has 1 heterocycles. The molecular formula is C27H36F3NO3. The van der Waals surface area contributed by atoms with E-state index in [1.165, 1.54) is 18.2 Å². The van der Waals surface area contributed by atoms with Crippen LogP contribution >= 0.6 is 0 Å². The number of ether oxygens (including phenoxy) is 2. The number of rotatable bonds is 10. The first-order valence-corrected chi connectivity index (χ1v) is 12.3. The summed E-state index contributed by atoms with van der Waals surface area (Å²) in [5, 5.41) is 3.27. The van der Waals surface area contributed by atoms with Crippen LogP contribution in [0.15, 0.2) is 36.9 Å². The molecule has 34 heavy (non-hydrogen) atoms. The number of hydrogen-bond acceptors (Lipinski definition) is 4. The van der Waals surface area contributed by atoms with Crippen LogP contribution in [-0.4, -0.2) is 25.1 Å². The van der Waals surface area contributed by atoms with Gasteiger partial charge in [0.1, 0.15) is 5.75 Å². The standard InChI is InChI=1S/C27H36F3NO3/c1-4-6-7-8-9-10-19(3)24(32)33-25-26(18-31-25)13-11-21(12-14-26)22-15-20(5-2)16-23(17-22)34-27(28,29)30/h5-7,15-17,19,21,25,31H,2,4,8-14,18H2,1,3H3. The van der Waals surface area contributed by atoms with Crippen LogP contribution < -0.4 is 10.1 Å². The van der Waals surface area contributed by atoms with E-state index in [9.17, 15) is 18.0 Å². The van der Waals surface area contributed by atoms with E-state index in [-0.39, 0.29) is 35.2 Å². The van der Waals surface area contributed by atoms with Gasteiger partial charge in [-0.2, -0.15) is 0 Å². The molecule has 0 aromatic heterocycles. The molecule has 2 unspecified atom stereocenters. The molecule has 1 aliphatic heterocycles. The van der Waals surface area contributed by atoms with Crippen LogP contribution in [0.2, 0.25) is 0 Å². The Morgan fingerprint density at radius 3 is 2.59 bits per heavy atom. The van der Waals surface area contributed by atoms with Crippen LogP contribution in [0.25, 0.3) is 6.08 Å². The van der Waals surface area contributed by atoms with Crippen molar-refractivity contribution in [3.05, 3.63) is 48.1 Å². The first-order valence-electron chi connectivity index (χ1n) is 12.3. The second-order valence-corrected chi connectivity index (χ2v) is 9.63. The van der Waals surface area contributed by atoms with Crippen molar-refractivity contribution in [2.45, 2.75) is 83.7 Å². The number of carbonyl (C=O) groups is 1. The number of nitrogens with one attached hydrogen (secondary N) is 1. The van der Waals surface area contributed by atoms with Gasteiger partial charge in [-0.05, 0) is 80.5 Å². The maximum absolute atomic E-state index is 12.7. The summed E-state index contributed by atoms with van der Waals surface area (Å²) in [5.41, 5.74) is 1.35. The highest BCUT2D eigenvalue weighted by Gasteiger charge is 2.51. The maximum Gasteiger partial charge on any atom is 0.573 e. The summed E-state index contributed by atoms with van der Waals surface area (Å²) >= 11 is 0. The third-order valence-corrected chi connectivity index (χ3v) is 7.12. The molecule has 0 amide bonds. The summed E-state index contributed by atoms with van der Waals surface area (Å²) < 4.78 is 48.2. The minimum atomic E-state index is -4.73. The Hall–Kier alpha value is -2.28. The van der Waals surface area contributed by atoms with Crippen LogP contribution in [0.5, 0.6) is 5.75 Å². The fourth-order valence-corrected chi connectivity index (χ4v) is 4.97. The normalized spacial score (nSPS) is 25.7. The molecule has 2 fully saturated rings. The minimum Gasteiger partial charge on any atom is -0.446 e. The Balaban J connectivity index is 1.55. The van der Waals surface area contributed by atoms with Crippen molar-refractivity contribution in [1.29, 1.82) is 0 Å². The van der Waals surface area contributed by atoms with Gasteiger partial charge in [0.15, 0.2) is 6.23 Å². The first-order chi connectivity index (χ1) is 16.2. The zero-order valence-electron chi connectivity index (χ0n) is 20.1. The van der Waals surface area contributed by atoms with Crippen molar-refractivity contribution >= 4 is 12.0 Å². The van der Waals surface area contributed by atoms with E-state index in [1.54, 1.807) is 0 Å². The summed E-state index contributed by atoms with van der Waals surface area (Å²) in [6.45, 7) is 8.50. The maximum atomic E-state index is 12.7. The Labute approximate surface area is 200 Å². The predicted molar refractivity (Wildman–Crippen MR) is 127 cm³/mol. The van der Waals surface area contributed by atoms with Gasteiger partial charge in [-0.3, -0.25) is 10.1 Å². The summed E-state index contributed by atoms with van der Waals surface area (Å²) in [6.07, 6.45) is 7.92. The number of allylic oxidation sites excluding steroid dienone is 2. The van der Waals surface area contributed by atoms with Crippen molar-refractivity contribution in [1.82, 2.24) is 5.32 Å². The Morgan fingerprint density at radius 2 is 2.00 bits per heavy atom. The van der Waals surface area contributed by atoms with Gasteiger partial charge < -0.3 is 9.47 Å². The van der Waals surface area contributed by atoms with E-state index in [0.717, 1.165) is 63.5 Å². The zero-order valence-corrected chi connectivity index (χ0v) is 20.1. The number of benzene rings is 1. The van der Waals surface area contributed by atoms with Crippen molar-refractivity contribution in [2.24, 2.45) is 11.3 Å². The number of carbonyl (C=O) groups excluding carboxylic acids is 1. The molecule has 7 heteroatoms. The lowest BCUT2D eigenvalue weighted by Gasteiger charge is -2.52. The van der Waals surface area contributed by atoms with Gasteiger partial charge in [0.2, 0.25) is 0 Å². The second-order valence-electron chi connectivity index (χ2n) is 9.63. The molecule has 0 radical (unpaired) electrons. The molecule has 1 N–H and O–H groups in total. The van der Waals surface area contributed by atoms with Gasteiger partial charge in [0.05, 0.1) is 5.92 Å². The fourth-order valence-electron chi connectivity index (χ4n) is 4.97. The van der Waals surface area contributed by atoms with Crippen molar-refractivity contribution in [3.63, 3.8) is 0 Å². The van der Waals surface area contributed by atoms with Crippen molar-refractivity contribution < 1.29 is 27.4 Å². The van der Waals surface area contributed by atoms with Gasteiger partial charge in [0.25, 0.3) is 0 Å². The molecule has 1 spiro atoms. The third-order valence-electron chi connectivity index (χ3n) is 7.12. The molecular weight excluding hydrogens is 443 g/mol. The number of alkyl halides is 3. The van der Waals surface area contributed by atoms with Gasteiger partial charge in [-0.25, -0.2) is 0 Å². The molecule has 1 aromatic carbocycles. The number of halogens is 3. The van der Waals surface area contributed by atoms with Crippen LogP contribution in [0.1, 0.15) is 82.3 Å². The highest BCUT2D eigenvalue weighted by molar-refractivity contribution is 5.72. The number of unbranched alkanes of at least 4 members (excludes halogenated alkanes) is 1. The summed E-state index contributed by atoms with van der Waals surface area (Å²) in [7, 11) is 0. The molecule has 1 aliphatic carbocycles. The van der Waals surface area contributed by atoms with Gasteiger partial charge in [0, 0.05) is 12.0 Å². The molecule has 1 saturated heterocycles.